The van der Waals surface area contributed by atoms with Crippen molar-refractivity contribution < 1.29 is 4.92 Å². The molecule has 0 aromatic heterocycles. The van der Waals surface area contributed by atoms with Crippen LogP contribution < -0.4 is 0 Å². The zero-order chi connectivity index (χ0) is 23.7. The molecule has 0 spiro atoms. The molecule has 0 heterocycles. The van der Waals surface area contributed by atoms with Crippen molar-refractivity contribution in [2.45, 2.75) is 142 Å². The van der Waals surface area contributed by atoms with Crippen molar-refractivity contribution in [2.24, 2.45) is 11.8 Å². The number of hydrogen-bond acceptors (Lipinski definition) is 2. The number of aryl methyl sites for hydroxylation is 1. The second-order valence-corrected chi connectivity index (χ2v) is 10.6. The van der Waals surface area contributed by atoms with Gasteiger partial charge in [-0.05, 0) is 55.9 Å². The number of nitro groups is 1. The number of hydrogen-bond donors (Lipinski definition) is 0. The molecule has 0 bridgehead atoms. The SMILES string of the molecule is CCCCCCCCCCCCC1CCC1CCCC.O=[N+]([O-])c1cccc2c1CCCC2. The quantitative estimate of drug-likeness (QED) is 0.149. The number of rotatable bonds is 15. The van der Waals surface area contributed by atoms with Crippen LogP contribution in [0, 0.1) is 22.0 Å². The largest absolute Gasteiger partial charge is 0.272 e. The van der Waals surface area contributed by atoms with Gasteiger partial charge in [-0.2, -0.15) is 0 Å². The normalized spacial score (nSPS) is 19.2. The summed E-state index contributed by atoms with van der Waals surface area (Å²) in [5.74, 6) is 2.24. The van der Waals surface area contributed by atoms with Crippen LogP contribution in [0.3, 0.4) is 0 Å². The van der Waals surface area contributed by atoms with Gasteiger partial charge < -0.3 is 0 Å². The van der Waals surface area contributed by atoms with Crippen LogP contribution >= 0.6 is 0 Å². The van der Waals surface area contributed by atoms with E-state index in [-0.39, 0.29) is 4.92 Å². The molecule has 2 aliphatic carbocycles. The molecule has 0 saturated heterocycles. The van der Waals surface area contributed by atoms with Crippen LogP contribution in [-0.4, -0.2) is 4.92 Å². The summed E-state index contributed by atoms with van der Waals surface area (Å²) in [4.78, 5) is 10.4. The van der Waals surface area contributed by atoms with Gasteiger partial charge in [0.15, 0.2) is 0 Å². The molecule has 1 saturated carbocycles. The number of nitrogens with zero attached hydrogens (tertiary/aromatic N) is 1. The van der Waals surface area contributed by atoms with E-state index in [4.69, 9.17) is 0 Å². The minimum atomic E-state index is -0.274. The molecule has 3 heteroatoms. The van der Waals surface area contributed by atoms with Gasteiger partial charge in [-0.1, -0.05) is 116 Å². The summed E-state index contributed by atoms with van der Waals surface area (Å²) in [5, 5.41) is 10.7. The number of fused-ring (bicyclic) bond motifs is 1. The van der Waals surface area contributed by atoms with Crippen LogP contribution in [0.4, 0.5) is 5.69 Å². The highest BCUT2D eigenvalue weighted by Gasteiger charge is 2.29. The molecule has 1 fully saturated rings. The lowest BCUT2D eigenvalue weighted by Crippen LogP contribution is -2.25. The molecule has 1 aromatic rings. The highest BCUT2D eigenvalue weighted by molar-refractivity contribution is 5.46. The second-order valence-electron chi connectivity index (χ2n) is 10.6. The van der Waals surface area contributed by atoms with E-state index < -0.39 is 0 Å². The minimum Gasteiger partial charge on any atom is -0.258 e. The zero-order valence-electron chi connectivity index (χ0n) is 21.8. The Morgan fingerprint density at radius 2 is 1.30 bits per heavy atom. The lowest BCUT2D eigenvalue weighted by atomic mass is 9.69. The Labute approximate surface area is 204 Å². The van der Waals surface area contributed by atoms with Gasteiger partial charge in [-0.3, -0.25) is 10.1 Å². The molecule has 33 heavy (non-hydrogen) atoms. The molecule has 2 atom stereocenters. The molecule has 2 unspecified atom stereocenters. The Hall–Kier alpha value is -1.38. The van der Waals surface area contributed by atoms with E-state index in [1.54, 1.807) is 31.4 Å². The van der Waals surface area contributed by atoms with Gasteiger partial charge in [-0.15, -0.1) is 0 Å². The molecular weight excluding hydrogens is 406 g/mol. The van der Waals surface area contributed by atoms with Crippen LogP contribution in [0.1, 0.15) is 141 Å². The predicted octanol–water partition coefficient (Wildman–Crippen LogP) is 9.99. The Balaban J connectivity index is 0.000000254. The van der Waals surface area contributed by atoms with Crippen molar-refractivity contribution >= 4 is 5.69 Å². The molecule has 188 valence electrons. The average Bonchev–Trinajstić information content (AvgIpc) is 2.82. The van der Waals surface area contributed by atoms with Crippen LogP contribution in [0.2, 0.25) is 0 Å². The monoisotopic (exact) mass is 457 g/mol. The molecule has 2 aliphatic rings. The zero-order valence-corrected chi connectivity index (χ0v) is 21.8. The van der Waals surface area contributed by atoms with Gasteiger partial charge in [-0.25, -0.2) is 0 Å². The Bertz CT molecular complexity index is 657. The minimum absolute atomic E-state index is 0.274. The summed E-state index contributed by atoms with van der Waals surface area (Å²) in [6, 6.07) is 5.38. The summed E-state index contributed by atoms with van der Waals surface area (Å²) in [5.41, 5.74) is 2.43. The third-order valence-corrected chi connectivity index (χ3v) is 8.00. The van der Waals surface area contributed by atoms with Gasteiger partial charge in [0, 0.05) is 11.6 Å². The molecule has 0 radical (unpaired) electrons. The standard InChI is InChI=1S/C20H40.C10H11NO2/c1-3-5-7-8-9-10-11-12-13-14-16-20-18-17-19(20)15-6-4-2;12-11(13)10-7-3-5-8-4-1-2-6-9(8)10/h19-20H,3-18H2,1-2H3;3,5,7H,1-2,4,6H2. The molecule has 0 amide bonds. The van der Waals surface area contributed by atoms with E-state index in [9.17, 15) is 10.1 Å². The fourth-order valence-electron chi connectivity index (χ4n) is 5.69. The van der Waals surface area contributed by atoms with Crippen LogP contribution in [0.25, 0.3) is 0 Å². The first-order chi connectivity index (χ1) is 16.2. The highest BCUT2D eigenvalue weighted by atomic mass is 16.6. The fourth-order valence-corrected chi connectivity index (χ4v) is 5.69. The highest BCUT2D eigenvalue weighted by Crippen LogP contribution is 2.41. The lowest BCUT2D eigenvalue weighted by molar-refractivity contribution is -0.385. The van der Waals surface area contributed by atoms with Crippen molar-refractivity contribution in [1.82, 2.24) is 0 Å². The van der Waals surface area contributed by atoms with Crippen LogP contribution in [-0.2, 0) is 12.8 Å². The second kappa shape index (κ2) is 17.1. The molecule has 1 aromatic carbocycles. The van der Waals surface area contributed by atoms with E-state index in [2.05, 4.69) is 13.8 Å². The maximum atomic E-state index is 10.7. The van der Waals surface area contributed by atoms with Crippen LogP contribution in [0.5, 0.6) is 0 Å². The van der Waals surface area contributed by atoms with E-state index >= 15 is 0 Å². The number of unbranched alkanes of at least 4 members (excludes halogenated alkanes) is 10. The fraction of sp³-hybridized carbons (Fsp3) is 0.800. The van der Waals surface area contributed by atoms with Gasteiger partial charge in [0.05, 0.1) is 4.92 Å². The molecular formula is C30H51NO2. The third kappa shape index (κ3) is 10.6. The molecule has 3 rings (SSSR count). The first-order valence-corrected chi connectivity index (χ1v) is 14.4. The summed E-state index contributed by atoms with van der Waals surface area (Å²) >= 11 is 0. The smallest absolute Gasteiger partial charge is 0.258 e. The first kappa shape index (κ1) is 27.9. The van der Waals surface area contributed by atoms with Crippen molar-refractivity contribution in [3.63, 3.8) is 0 Å². The maximum absolute atomic E-state index is 10.7. The van der Waals surface area contributed by atoms with E-state index in [1.807, 2.05) is 6.07 Å². The number of nitro benzene ring substituents is 1. The number of benzene rings is 1. The third-order valence-electron chi connectivity index (χ3n) is 8.00. The van der Waals surface area contributed by atoms with Gasteiger partial charge in [0.25, 0.3) is 5.69 Å². The van der Waals surface area contributed by atoms with Gasteiger partial charge in [0.2, 0.25) is 0 Å². The van der Waals surface area contributed by atoms with E-state index in [0.717, 1.165) is 43.1 Å². The molecule has 0 N–H and O–H groups in total. The Morgan fingerprint density at radius 1 is 0.758 bits per heavy atom. The summed E-state index contributed by atoms with van der Waals surface area (Å²) < 4.78 is 0. The Kier molecular flexibility index (Phi) is 14.4. The van der Waals surface area contributed by atoms with Crippen molar-refractivity contribution in [1.29, 1.82) is 0 Å². The Morgan fingerprint density at radius 3 is 1.88 bits per heavy atom. The average molecular weight is 458 g/mol. The van der Waals surface area contributed by atoms with Crippen molar-refractivity contribution in [3.05, 3.63) is 39.4 Å². The molecule has 3 nitrogen and oxygen atoms in total. The topological polar surface area (TPSA) is 43.1 Å². The van der Waals surface area contributed by atoms with E-state index in [1.165, 1.54) is 89.0 Å². The maximum Gasteiger partial charge on any atom is 0.272 e. The van der Waals surface area contributed by atoms with Gasteiger partial charge >= 0.3 is 0 Å². The summed E-state index contributed by atoms with van der Waals surface area (Å²) in [6.45, 7) is 4.63. The van der Waals surface area contributed by atoms with E-state index in [0.29, 0.717) is 5.69 Å². The summed E-state index contributed by atoms with van der Waals surface area (Å²) in [6.07, 6.45) is 27.9. The van der Waals surface area contributed by atoms with Crippen LogP contribution in [0.15, 0.2) is 18.2 Å². The summed E-state index contributed by atoms with van der Waals surface area (Å²) in [7, 11) is 0. The van der Waals surface area contributed by atoms with Crippen molar-refractivity contribution in [2.75, 3.05) is 0 Å². The predicted molar refractivity (Wildman–Crippen MR) is 142 cm³/mol. The van der Waals surface area contributed by atoms with Crippen molar-refractivity contribution in [3.8, 4) is 0 Å². The molecule has 0 aliphatic heterocycles. The van der Waals surface area contributed by atoms with Gasteiger partial charge in [0.1, 0.15) is 0 Å². The first-order valence-electron chi connectivity index (χ1n) is 14.4. The lowest BCUT2D eigenvalue weighted by Gasteiger charge is -2.37.